The molecule has 106 valence electrons. The van der Waals surface area contributed by atoms with Crippen LogP contribution in [0.3, 0.4) is 0 Å². The molecule has 1 aliphatic heterocycles. The molecule has 1 unspecified atom stereocenters. The summed E-state index contributed by atoms with van der Waals surface area (Å²) in [4.78, 5) is 37.0. The minimum atomic E-state index is -0.698. The van der Waals surface area contributed by atoms with Crippen LogP contribution in [-0.4, -0.2) is 35.2 Å². The number of carbonyl (C=O) groups excluding carboxylic acids is 3. The van der Waals surface area contributed by atoms with E-state index in [0.717, 1.165) is 0 Å². The van der Waals surface area contributed by atoms with Crippen molar-refractivity contribution >= 4 is 35.0 Å². The third-order valence-corrected chi connectivity index (χ3v) is 3.48. The van der Waals surface area contributed by atoms with Gasteiger partial charge in [-0.2, -0.15) is 0 Å². The molecule has 1 atom stereocenters. The van der Waals surface area contributed by atoms with E-state index in [9.17, 15) is 14.4 Å². The maximum Gasteiger partial charge on any atom is 0.258 e. The number of nitrogens with zero attached hydrogens (tertiary/aromatic N) is 1. The molecule has 0 radical (unpaired) electrons. The average molecular weight is 296 g/mol. The van der Waals surface area contributed by atoms with Crippen LogP contribution >= 0.6 is 11.6 Å². The maximum atomic E-state index is 12.5. The zero-order valence-electron chi connectivity index (χ0n) is 10.9. The van der Waals surface area contributed by atoms with Crippen LogP contribution in [0.5, 0.6) is 0 Å². The number of benzene rings is 1. The molecular formula is C13H14ClN3O3. The zero-order valence-corrected chi connectivity index (χ0v) is 11.6. The van der Waals surface area contributed by atoms with Crippen LogP contribution in [0.1, 0.15) is 23.7 Å². The number of imide groups is 1. The minimum absolute atomic E-state index is 0.120. The third-order valence-electron chi connectivity index (χ3n) is 3.16. The van der Waals surface area contributed by atoms with Gasteiger partial charge in [0.2, 0.25) is 11.8 Å². The Hall–Kier alpha value is -2.08. The van der Waals surface area contributed by atoms with Crippen LogP contribution in [0.4, 0.5) is 5.69 Å². The summed E-state index contributed by atoms with van der Waals surface area (Å²) in [7, 11) is 0. The number of piperazine rings is 1. The highest BCUT2D eigenvalue weighted by Gasteiger charge is 2.36. The number of rotatable bonds is 2. The first-order chi connectivity index (χ1) is 9.45. The smallest absolute Gasteiger partial charge is 0.258 e. The van der Waals surface area contributed by atoms with Crippen LogP contribution in [-0.2, 0) is 9.59 Å². The Morgan fingerprint density at radius 3 is 2.80 bits per heavy atom. The lowest BCUT2D eigenvalue weighted by atomic mass is 10.1. The van der Waals surface area contributed by atoms with Gasteiger partial charge in [-0.1, -0.05) is 24.6 Å². The number of carbonyl (C=O) groups is 3. The van der Waals surface area contributed by atoms with Gasteiger partial charge in [-0.3, -0.25) is 19.7 Å². The third kappa shape index (κ3) is 2.46. The molecule has 0 spiro atoms. The van der Waals surface area contributed by atoms with Crippen LogP contribution in [0.15, 0.2) is 18.2 Å². The number of nitrogens with two attached hydrogens (primary N) is 1. The van der Waals surface area contributed by atoms with Crippen molar-refractivity contribution in [2.45, 2.75) is 19.4 Å². The summed E-state index contributed by atoms with van der Waals surface area (Å²) in [6.07, 6.45) is 0.398. The van der Waals surface area contributed by atoms with Gasteiger partial charge in [0.1, 0.15) is 12.6 Å². The zero-order chi connectivity index (χ0) is 14.9. The van der Waals surface area contributed by atoms with E-state index < -0.39 is 23.8 Å². The lowest BCUT2D eigenvalue weighted by Crippen LogP contribution is -2.59. The van der Waals surface area contributed by atoms with Gasteiger partial charge in [-0.15, -0.1) is 0 Å². The SMILES string of the molecule is CCC1C(=O)NC(=O)CN1C(=O)c1c(N)cccc1Cl. The van der Waals surface area contributed by atoms with Gasteiger partial charge in [-0.05, 0) is 18.6 Å². The van der Waals surface area contributed by atoms with Gasteiger partial charge >= 0.3 is 0 Å². The average Bonchev–Trinajstić information content (AvgIpc) is 2.37. The second kappa shape index (κ2) is 5.50. The lowest BCUT2D eigenvalue weighted by molar-refractivity contribution is -0.138. The van der Waals surface area contributed by atoms with Crippen LogP contribution < -0.4 is 11.1 Å². The van der Waals surface area contributed by atoms with Crippen LogP contribution in [0.2, 0.25) is 5.02 Å². The van der Waals surface area contributed by atoms with Crippen molar-refractivity contribution in [2.75, 3.05) is 12.3 Å². The van der Waals surface area contributed by atoms with E-state index >= 15 is 0 Å². The molecule has 1 fully saturated rings. The Bertz CT molecular complexity index is 568. The summed E-state index contributed by atoms with van der Waals surface area (Å²) in [5, 5.41) is 2.41. The topological polar surface area (TPSA) is 92.5 Å². The molecule has 0 saturated carbocycles. The minimum Gasteiger partial charge on any atom is -0.398 e. The monoisotopic (exact) mass is 295 g/mol. The number of anilines is 1. The largest absolute Gasteiger partial charge is 0.398 e. The van der Waals surface area contributed by atoms with Gasteiger partial charge in [-0.25, -0.2) is 0 Å². The molecule has 1 saturated heterocycles. The molecule has 1 aliphatic rings. The first-order valence-corrected chi connectivity index (χ1v) is 6.52. The van der Waals surface area contributed by atoms with Crippen molar-refractivity contribution < 1.29 is 14.4 Å². The molecule has 0 aromatic heterocycles. The second-order valence-electron chi connectivity index (χ2n) is 4.47. The Morgan fingerprint density at radius 1 is 1.50 bits per heavy atom. The molecule has 0 aliphatic carbocycles. The van der Waals surface area contributed by atoms with Gasteiger partial charge in [0.25, 0.3) is 5.91 Å². The Balaban J connectivity index is 2.40. The predicted molar refractivity (Wildman–Crippen MR) is 74.1 cm³/mol. The number of amides is 3. The molecule has 6 nitrogen and oxygen atoms in total. The van der Waals surface area contributed by atoms with E-state index in [4.69, 9.17) is 17.3 Å². The molecule has 7 heteroatoms. The molecule has 1 aromatic carbocycles. The highest BCUT2D eigenvalue weighted by atomic mass is 35.5. The van der Waals surface area contributed by atoms with E-state index in [1.165, 1.54) is 11.0 Å². The first kappa shape index (κ1) is 14.3. The molecule has 20 heavy (non-hydrogen) atoms. The molecule has 3 amide bonds. The van der Waals surface area contributed by atoms with Crippen molar-refractivity contribution in [3.63, 3.8) is 0 Å². The molecule has 1 heterocycles. The number of halogens is 1. The van der Waals surface area contributed by atoms with Gasteiger partial charge in [0.15, 0.2) is 0 Å². The van der Waals surface area contributed by atoms with Crippen LogP contribution in [0.25, 0.3) is 0 Å². The van der Waals surface area contributed by atoms with E-state index in [1.807, 2.05) is 0 Å². The highest BCUT2D eigenvalue weighted by Crippen LogP contribution is 2.25. The number of nitrogen functional groups attached to an aromatic ring is 1. The highest BCUT2D eigenvalue weighted by molar-refractivity contribution is 6.34. The van der Waals surface area contributed by atoms with E-state index in [0.29, 0.717) is 6.42 Å². The summed E-state index contributed by atoms with van der Waals surface area (Å²) in [5.74, 6) is -1.51. The van der Waals surface area contributed by atoms with Crippen molar-refractivity contribution in [1.82, 2.24) is 10.2 Å². The summed E-state index contributed by atoms with van der Waals surface area (Å²) >= 11 is 5.99. The number of hydrogen-bond acceptors (Lipinski definition) is 4. The fourth-order valence-corrected chi connectivity index (χ4v) is 2.46. The van der Waals surface area contributed by atoms with Gasteiger partial charge < -0.3 is 10.6 Å². The normalized spacial score (nSPS) is 18.9. The quantitative estimate of drug-likeness (QED) is 0.623. The van der Waals surface area contributed by atoms with Crippen molar-refractivity contribution in [3.8, 4) is 0 Å². The molecule has 3 N–H and O–H groups in total. The summed E-state index contributed by atoms with van der Waals surface area (Å²) < 4.78 is 0. The summed E-state index contributed by atoms with van der Waals surface area (Å²) in [5.41, 5.74) is 6.11. The van der Waals surface area contributed by atoms with E-state index in [-0.39, 0.29) is 22.8 Å². The van der Waals surface area contributed by atoms with Crippen molar-refractivity contribution in [1.29, 1.82) is 0 Å². The lowest BCUT2D eigenvalue weighted by Gasteiger charge is -2.33. The van der Waals surface area contributed by atoms with Crippen LogP contribution in [0, 0.1) is 0 Å². The van der Waals surface area contributed by atoms with Crippen molar-refractivity contribution in [2.24, 2.45) is 0 Å². The number of hydrogen-bond donors (Lipinski definition) is 2. The molecule has 2 rings (SSSR count). The van der Waals surface area contributed by atoms with E-state index in [1.54, 1.807) is 19.1 Å². The van der Waals surface area contributed by atoms with E-state index in [2.05, 4.69) is 5.32 Å². The van der Waals surface area contributed by atoms with Gasteiger partial charge in [0.05, 0.1) is 10.6 Å². The second-order valence-corrected chi connectivity index (χ2v) is 4.88. The van der Waals surface area contributed by atoms with Gasteiger partial charge in [0, 0.05) is 5.69 Å². The number of nitrogens with one attached hydrogen (secondary N) is 1. The standard InChI is InChI=1S/C13H14ClN3O3/c1-2-9-12(19)16-10(18)6-17(9)13(20)11-7(14)4-3-5-8(11)15/h3-5,9H,2,6,15H2,1H3,(H,16,18,19). The molecule has 0 bridgehead atoms. The van der Waals surface area contributed by atoms with Crippen molar-refractivity contribution in [3.05, 3.63) is 28.8 Å². The predicted octanol–water partition coefficient (Wildman–Crippen LogP) is 0.799. The Morgan fingerprint density at radius 2 is 2.20 bits per heavy atom. The summed E-state index contributed by atoms with van der Waals surface area (Å²) in [6.45, 7) is 1.57. The fraction of sp³-hybridized carbons (Fsp3) is 0.308. The Labute approximate surface area is 120 Å². The maximum absolute atomic E-state index is 12.5. The first-order valence-electron chi connectivity index (χ1n) is 6.14. The fourth-order valence-electron chi connectivity index (χ4n) is 2.20. The summed E-state index contributed by atoms with van der Waals surface area (Å²) in [6, 6.07) is 4.01. The molecule has 1 aromatic rings. The molecular weight excluding hydrogens is 282 g/mol. The Kier molecular flexibility index (Phi) is 3.94.